The van der Waals surface area contributed by atoms with Gasteiger partial charge in [0.15, 0.2) is 11.6 Å². The molecule has 0 spiro atoms. The number of carbonyl (C=O) groups excluding carboxylic acids is 8. The Morgan fingerprint density at radius 1 is 0.552 bits per heavy atom. The Hall–Kier alpha value is -8.54. The Balaban J connectivity index is 0.000000228. The molecule has 636 valence electrons. The Morgan fingerprint density at radius 2 is 0.914 bits per heavy atom. The van der Waals surface area contributed by atoms with Crippen LogP contribution in [-0.2, 0) is 67.9 Å². The van der Waals surface area contributed by atoms with Crippen molar-refractivity contribution < 1.29 is 92.4 Å². The number of nitrogens with one attached hydrogen (secondary N) is 2. The monoisotopic (exact) mass is 1650 g/mol. The van der Waals surface area contributed by atoms with Crippen LogP contribution in [0.4, 0.5) is 20.2 Å². The lowest BCUT2D eigenvalue weighted by Crippen LogP contribution is -2.48. The molecule has 30 heteroatoms. The van der Waals surface area contributed by atoms with Crippen molar-refractivity contribution in [3.8, 4) is 23.3 Å². The van der Waals surface area contributed by atoms with Crippen molar-refractivity contribution in [3.63, 3.8) is 0 Å². The fourth-order valence-electron chi connectivity index (χ4n) is 17.3. The molecule has 26 nitrogen and oxygen atoms in total. The zero-order chi connectivity index (χ0) is 84.7. The minimum Gasteiger partial charge on any atom is -0.494 e. The molecule has 12 rings (SSSR count). The average Bonchev–Trinajstić information content (AvgIpc) is 1.56. The van der Waals surface area contributed by atoms with Crippen LogP contribution >= 0.6 is 0 Å². The van der Waals surface area contributed by atoms with Crippen molar-refractivity contribution in [1.82, 2.24) is 29.2 Å². The highest BCUT2D eigenvalue weighted by Crippen LogP contribution is 2.60. The molecule has 2 aromatic heterocycles. The van der Waals surface area contributed by atoms with Crippen molar-refractivity contribution in [2.45, 2.75) is 230 Å². The number of aromatic nitrogens is 2. The number of esters is 2. The van der Waals surface area contributed by atoms with Gasteiger partial charge < -0.3 is 48.0 Å². The van der Waals surface area contributed by atoms with E-state index in [2.05, 4.69) is 33.3 Å². The van der Waals surface area contributed by atoms with E-state index < -0.39 is 160 Å². The second kappa shape index (κ2) is 34.4. The van der Waals surface area contributed by atoms with Gasteiger partial charge in [-0.05, 0) is 190 Å². The number of rotatable bonds is 20. The fourth-order valence-corrected chi connectivity index (χ4v) is 20.2. The Morgan fingerprint density at radius 3 is 1.23 bits per heavy atom. The number of methoxy groups -OCH3 is 2. The highest BCUT2D eigenvalue weighted by atomic mass is 32.2. The van der Waals surface area contributed by atoms with E-state index in [0.29, 0.717) is 48.0 Å². The quantitative estimate of drug-likeness (QED) is 0.0613. The highest BCUT2D eigenvalue weighted by molar-refractivity contribution is 7.92. The molecular weight excluding hydrogens is 1540 g/mol. The van der Waals surface area contributed by atoms with Gasteiger partial charge in [0.05, 0.1) is 87.3 Å². The summed E-state index contributed by atoms with van der Waals surface area (Å²) in [5.41, 5.74) is -2.48. The van der Waals surface area contributed by atoms with E-state index in [-0.39, 0.29) is 126 Å². The van der Waals surface area contributed by atoms with Gasteiger partial charge >= 0.3 is 11.9 Å². The number of benzene rings is 2. The third-order valence-electron chi connectivity index (χ3n) is 24.9. The van der Waals surface area contributed by atoms with Gasteiger partial charge in [0.1, 0.15) is 57.8 Å². The van der Waals surface area contributed by atoms with Gasteiger partial charge in [-0.2, -0.15) is 0 Å². The van der Waals surface area contributed by atoms with E-state index in [1.165, 1.54) is 9.80 Å². The summed E-state index contributed by atoms with van der Waals surface area (Å²) in [6.45, 7) is 16.5. The van der Waals surface area contributed by atoms with Gasteiger partial charge in [0.25, 0.3) is 0 Å². The number of ether oxygens (including phenoxy) is 6. The lowest BCUT2D eigenvalue weighted by Gasteiger charge is -2.32. The van der Waals surface area contributed by atoms with E-state index in [1.54, 1.807) is 68.2 Å². The molecule has 6 fully saturated rings. The number of anilines is 2. The maximum absolute atomic E-state index is 14.9. The average molecular weight is 1650 g/mol. The van der Waals surface area contributed by atoms with Crippen molar-refractivity contribution in [1.29, 1.82) is 0 Å². The van der Waals surface area contributed by atoms with E-state index >= 15 is 0 Å². The van der Waals surface area contributed by atoms with E-state index in [4.69, 9.17) is 28.4 Å². The van der Waals surface area contributed by atoms with E-state index in [0.717, 1.165) is 35.0 Å². The molecule has 4 saturated carbocycles. The topological polar surface area (TPSA) is 323 Å². The predicted molar refractivity (Wildman–Crippen MR) is 435 cm³/mol. The number of ketones is 2. The normalized spacial score (nSPS) is 29.3. The number of pyridine rings is 2. The summed E-state index contributed by atoms with van der Waals surface area (Å²) in [5.74, 6) is -5.33. The fraction of sp³-hybridized carbons (Fsp3) is 0.651. The SMILES string of the molecule is COc1cnc(O[C@@H]2C[C@H]3C(=O)C[C@]4(C(=O)NS(=O)(=O)C5(CF)CC5)C[C@H]4/C=C\CC[C@@H](C)C[C@@H](C)[C@H](CC(=O)OC(C)(C)C)C(=O)N3C2)c2ccc(N(C)C)cc12.COc1cnc(O[C@@H]2C[C@H]3C(=O)C[C@]4(C(=O)NS(=O)(=O)C5(CF)CC5)C[C@H]4/C=C\CC[C@H](C)C[C@@H](C)[C@H](CC(=O)OC(C)(C)C)C(=O)N3C2)c2ccc(N(C)C)cc12. The molecule has 2 saturated heterocycles. The first-order valence-electron chi connectivity index (χ1n) is 40.8. The first-order chi connectivity index (χ1) is 54.4. The number of halogens is 2. The molecule has 14 atom stereocenters. The molecule has 0 bridgehead atoms. The molecular formula is C86H118F2N8O18S2. The van der Waals surface area contributed by atoms with Crippen molar-refractivity contribution >= 4 is 100 Å². The molecule has 4 amide bonds. The lowest BCUT2D eigenvalue weighted by molar-refractivity contribution is -0.160. The van der Waals surface area contributed by atoms with Crippen molar-refractivity contribution in [2.75, 3.05) is 78.6 Å². The Bertz CT molecular complexity index is 4420. The van der Waals surface area contributed by atoms with Gasteiger partial charge in [-0.25, -0.2) is 35.6 Å². The second-order valence-electron chi connectivity index (χ2n) is 36.6. The van der Waals surface area contributed by atoms with Gasteiger partial charge in [-0.3, -0.25) is 47.8 Å². The molecule has 2 N–H and O–H groups in total. The summed E-state index contributed by atoms with van der Waals surface area (Å²) in [7, 11) is 2.14. The summed E-state index contributed by atoms with van der Waals surface area (Å²) >= 11 is 0. The van der Waals surface area contributed by atoms with E-state index in [1.807, 2.05) is 113 Å². The smallest absolute Gasteiger partial charge is 0.307 e. The Labute approximate surface area is 681 Å². The molecule has 2 aromatic carbocycles. The number of alkyl halides is 2. The van der Waals surface area contributed by atoms with Gasteiger partial charge in [0, 0.05) is 86.8 Å². The number of amides is 4. The summed E-state index contributed by atoms with van der Waals surface area (Å²) in [5, 5.41) is 2.86. The Kier molecular flexibility index (Phi) is 26.2. The van der Waals surface area contributed by atoms with Crippen molar-refractivity contribution in [3.05, 3.63) is 73.1 Å². The van der Waals surface area contributed by atoms with Crippen LogP contribution in [0.1, 0.15) is 185 Å². The first-order valence-corrected chi connectivity index (χ1v) is 43.7. The first kappa shape index (κ1) is 88.3. The summed E-state index contributed by atoms with van der Waals surface area (Å²) in [4.78, 5) is 130. The highest BCUT2D eigenvalue weighted by Gasteiger charge is 2.66. The van der Waals surface area contributed by atoms with Gasteiger partial charge in [0.2, 0.25) is 55.4 Å². The van der Waals surface area contributed by atoms with Crippen LogP contribution in [0.5, 0.6) is 23.3 Å². The zero-order valence-corrected chi connectivity index (χ0v) is 71.6. The standard InChI is InChI=1S/2C43H59FN4O9S/c2*1-26-11-9-10-12-28-21-43(28,40(52)46-58(53,54)42(25-44)15-16-42)22-35(49)34-19-30(24-48(34)39(51)32(27(2)17-26)20-37(50)57-41(3,4)5)56-38-31-14-13-29(47(6)7)18-33(31)36(55-8)23-45-38/h2*10,12-14,18,23,26-28,30,32,34H,9,11,15-17,19-22,24-25H2,1-8H3,(H,46,52)/b2*12-10-/t26-,27+,28+,30+,32-,34-,43+;26-,27-,28-,30-,32+,34+,43-/m01/s1. The van der Waals surface area contributed by atoms with Crippen LogP contribution in [0.2, 0.25) is 0 Å². The number of fused-ring (bicyclic) bond motifs is 6. The summed E-state index contributed by atoms with van der Waals surface area (Å²) < 4.78 is 118. The van der Waals surface area contributed by atoms with E-state index in [9.17, 15) is 64.0 Å². The molecule has 4 aromatic rings. The summed E-state index contributed by atoms with van der Waals surface area (Å²) in [6, 6.07) is 9.43. The van der Waals surface area contributed by atoms with Crippen LogP contribution in [0.3, 0.4) is 0 Å². The molecule has 116 heavy (non-hydrogen) atoms. The number of allylic oxidation sites excluding steroid dienone is 4. The van der Waals surface area contributed by atoms with Crippen LogP contribution in [-0.4, -0.2) is 198 Å². The number of sulfonamides is 2. The van der Waals surface area contributed by atoms with Crippen LogP contribution in [0.25, 0.3) is 21.5 Å². The molecule has 0 radical (unpaired) electrons. The molecule has 4 aliphatic carbocycles. The number of hydrogen-bond acceptors (Lipinski definition) is 22. The third-order valence-corrected chi connectivity index (χ3v) is 29.1. The summed E-state index contributed by atoms with van der Waals surface area (Å²) in [6.07, 6.45) is 13.5. The zero-order valence-electron chi connectivity index (χ0n) is 70.0. The third kappa shape index (κ3) is 19.4. The largest absolute Gasteiger partial charge is 0.494 e. The molecule has 8 aliphatic rings. The maximum atomic E-state index is 14.9. The minimum atomic E-state index is -4.34. The lowest BCUT2D eigenvalue weighted by atomic mass is 9.82. The van der Waals surface area contributed by atoms with Crippen LogP contribution in [0.15, 0.2) is 73.1 Å². The molecule has 0 unspecified atom stereocenters. The number of carbonyl (C=O) groups is 8. The number of hydrogen-bond donors (Lipinski definition) is 2. The van der Waals surface area contributed by atoms with Crippen LogP contribution < -0.4 is 38.2 Å². The van der Waals surface area contributed by atoms with Gasteiger partial charge in [-0.15, -0.1) is 0 Å². The predicted octanol–water partition coefficient (Wildman–Crippen LogP) is 11.9. The molecule has 4 aliphatic heterocycles. The second-order valence-corrected chi connectivity index (χ2v) is 40.8. The van der Waals surface area contributed by atoms with Gasteiger partial charge in [-0.1, -0.05) is 52.0 Å². The van der Waals surface area contributed by atoms with Crippen molar-refractivity contribution in [2.24, 2.45) is 58.2 Å². The molecule has 6 heterocycles. The minimum absolute atomic E-state index is 0.00322. The number of Topliss-reactive ketones (excluding diaryl/α,β-unsaturated/α-hetero) is 2. The number of nitrogens with zero attached hydrogens (tertiary/aromatic N) is 6. The van der Waals surface area contributed by atoms with Crippen LogP contribution in [0, 0.1) is 58.2 Å². The maximum Gasteiger partial charge on any atom is 0.307 e.